The van der Waals surface area contributed by atoms with Crippen LogP contribution in [0.25, 0.3) is 0 Å². The van der Waals surface area contributed by atoms with Crippen molar-refractivity contribution in [3.8, 4) is 0 Å². The van der Waals surface area contributed by atoms with E-state index in [0.29, 0.717) is 0 Å². The lowest BCUT2D eigenvalue weighted by Crippen LogP contribution is -2.37. The number of unbranched alkanes of at least 4 members (excludes halogenated alkanes) is 16. The molecular formula is C22H48N2. The number of nitrogens with two attached hydrogens (primary N) is 1. The SMILES string of the molecule is CCCCCCCCCCCCCCCCCCCNC(N)CC. The molecule has 0 amide bonds. The van der Waals surface area contributed by atoms with E-state index < -0.39 is 0 Å². The fourth-order valence-electron chi connectivity index (χ4n) is 3.28. The summed E-state index contributed by atoms with van der Waals surface area (Å²) in [6, 6.07) is 0. The number of nitrogens with one attached hydrogen (secondary N) is 1. The van der Waals surface area contributed by atoms with Crippen LogP contribution >= 0.6 is 0 Å². The summed E-state index contributed by atoms with van der Waals surface area (Å²) in [7, 11) is 0. The second-order valence-electron chi connectivity index (χ2n) is 7.63. The molecule has 0 heterocycles. The molecule has 0 saturated heterocycles. The molecule has 0 rings (SSSR count). The Morgan fingerprint density at radius 2 is 0.875 bits per heavy atom. The Morgan fingerprint density at radius 3 is 1.21 bits per heavy atom. The van der Waals surface area contributed by atoms with E-state index in [9.17, 15) is 0 Å². The molecular weight excluding hydrogens is 292 g/mol. The van der Waals surface area contributed by atoms with Crippen LogP contribution in [0, 0.1) is 0 Å². The van der Waals surface area contributed by atoms with Gasteiger partial charge in [0, 0.05) is 0 Å². The lowest BCUT2D eigenvalue weighted by atomic mass is 10.0. The summed E-state index contributed by atoms with van der Waals surface area (Å²) in [6.07, 6.45) is 25.6. The van der Waals surface area contributed by atoms with Gasteiger partial charge in [0.15, 0.2) is 0 Å². The molecule has 0 bridgehead atoms. The van der Waals surface area contributed by atoms with E-state index in [0.717, 1.165) is 13.0 Å². The minimum absolute atomic E-state index is 0.200. The molecule has 2 heteroatoms. The van der Waals surface area contributed by atoms with Gasteiger partial charge in [0.1, 0.15) is 0 Å². The molecule has 0 aliphatic heterocycles. The lowest BCUT2D eigenvalue weighted by Gasteiger charge is -2.10. The van der Waals surface area contributed by atoms with E-state index in [2.05, 4.69) is 19.2 Å². The van der Waals surface area contributed by atoms with Gasteiger partial charge in [-0.1, -0.05) is 117 Å². The van der Waals surface area contributed by atoms with Gasteiger partial charge < -0.3 is 11.1 Å². The highest BCUT2D eigenvalue weighted by Gasteiger charge is 1.97. The van der Waals surface area contributed by atoms with Gasteiger partial charge >= 0.3 is 0 Å². The van der Waals surface area contributed by atoms with Crippen molar-refractivity contribution in [2.45, 2.75) is 136 Å². The van der Waals surface area contributed by atoms with Crippen LogP contribution in [-0.2, 0) is 0 Å². The summed E-state index contributed by atoms with van der Waals surface area (Å²) in [4.78, 5) is 0. The Kier molecular flexibility index (Phi) is 20.9. The van der Waals surface area contributed by atoms with E-state index in [1.165, 1.54) is 109 Å². The normalized spacial score (nSPS) is 12.6. The highest BCUT2D eigenvalue weighted by atomic mass is 15.0. The summed E-state index contributed by atoms with van der Waals surface area (Å²) in [5, 5.41) is 3.36. The number of hydrogen-bond donors (Lipinski definition) is 2. The third-order valence-electron chi connectivity index (χ3n) is 5.13. The highest BCUT2D eigenvalue weighted by Crippen LogP contribution is 2.13. The predicted molar refractivity (Wildman–Crippen MR) is 110 cm³/mol. The molecule has 3 N–H and O–H groups in total. The van der Waals surface area contributed by atoms with Crippen LogP contribution in [-0.4, -0.2) is 12.7 Å². The summed E-state index contributed by atoms with van der Waals surface area (Å²) >= 11 is 0. The first-order chi connectivity index (χ1) is 11.8. The zero-order valence-corrected chi connectivity index (χ0v) is 17.1. The zero-order valence-electron chi connectivity index (χ0n) is 17.1. The van der Waals surface area contributed by atoms with Crippen LogP contribution in [0.2, 0.25) is 0 Å². The van der Waals surface area contributed by atoms with Crippen LogP contribution in [0.3, 0.4) is 0 Å². The van der Waals surface area contributed by atoms with Gasteiger partial charge in [0.2, 0.25) is 0 Å². The molecule has 2 nitrogen and oxygen atoms in total. The third kappa shape index (κ3) is 20.0. The summed E-state index contributed by atoms with van der Waals surface area (Å²) in [5.41, 5.74) is 5.83. The van der Waals surface area contributed by atoms with E-state index >= 15 is 0 Å². The first-order valence-electron chi connectivity index (χ1n) is 11.3. The number of rotatable bonds is 20. The van der Waals surface area contributed by atoms with Gasteiger partial charge in [-0.25, -0.2) is 0 Å². The fourth-order valence-corrected chi connectivity index (χ4v) is 3.28. The van der Waals surface area contributed by atoms with Crippen molar-refractivity contribution < 1.29 is 0 Å². The molecule has 1 unspecified atom stereocenters. The molecule has 0 spiro atoms. The Morgan fingerprint density at radius 1 is 0.542 bits per heavy atom. The van der Waals surface area contributed by atoms with Crippen LogP contribution in [0.4, 0.5) is 0 Å². The van der Waals surface area contributed by atoms with Gasteiger partial charge in [0.25, 0.3) is 0 Å². The van der Waals surface area contributed by atoms with Gasteiger partial charge in [-0.3, -0.25) is 0 Å². The molecule has 1 atom stereocenters. The lowest BCUT2D eigenvalue weighted by molar-refractivity contribution is 0.485. The second kappa shape index (κ2) is 21.0. The molecule has 146 valence electrons. The molecule has 0 aromatic rings. The molecule has 0 aliphatic carbocycles. The van der Waals surface area contributed by atoms with Crippen molar-refractivity contribution in [3.63, 3.8) is 0 Å². The van der Waals surface area contributed by atoms with Crippen molar-refractivity contribution in [2.24, 2.45) is 5.73 Å². The van der Waals surface area contributed by atoms with Crippen molar-refractivity contribution in [2.75, 3.05) is 6.54 Å². The highest BCUT2D eigenvalue weighted by molar-refractivity contribution is 4.56. The monoisotopic (exact) mass is 340 g/mol. The molecule has 24 heavy (non-hydrogen) atoms. The first kappa shape index (κ1) is 23.9. The largest absolute Gasteiger partial charge is 0.316 e. The van der Waals surface area contributed by atoms with Gasteiger partial charge in [-0.2, -0.15) is 0 Å². The molecule has 0 aromatic carbocycles. The van der Waals surface area contributed by atoms with E-state index in [-0.39, 0.29) is 6.17 Å². The Bertz CT molecular complexity index is 218. The molecule has 0 saturated carbocycles. The summed E-state index contributed by atoms with van der Waals surface area (Å²) < 4.78 is 0. The average Bonchev–Trinajstić information content (AvgIpc) is 2.60. The van der Waals surface area contributed by atoms with Crippen molar-refractivity contribution in [3.05, 3.63) is 0 Å². The van der Waals surface area contributed by atoms with E-state index in [4.69, 9.17) is 5.73 Å². The molecule has 0 fully saturated rings. The van der Waals surface area contributed by atoms with Crippen LogP contribution in [0.5, 0.6) is 0 Å². The van der Waals surface area contributed by atoms with E-state index in [1.54, 1.807) is 0 Å². The van der Waals surface area contributed by atoms with Crippen LogP contribution < -0.4 is 11.1 Å². The smallest absolute Gasteiger partial charge is 0.0543 e. The maximum Gasteiger partial charge on any atom is 0.0543 e. The first-order valence-corrected chi connectivity index (χ1v) is 11.3. The van der Waals surface area contributed by atoms with Crippen LogP contribution in [0.1, 0.15) is 129 Å². The van der Waals surface area contributed by atoms with Crippen molar-refractivity contribution in [1.82, 2.24) is 5.32 Å². The molecule has 0 radical (unpaired) electrons. The summed E-state index contributed by atoms with van der Waals surface area (Å²) in [5.74, 6) is 0. The van der Waals surface area contributed by atoms with Crippen molar-refractivity contribution in [1.29, 1.82) is 0 Å². The Labute approximate surface area is 153 Å². The second-order valence-corrected chi connectivity index (χ2v) is 7.63. The topological polar surface area (TPSA) is 38.0 Å². The third-order valence-corrected chi connectivity index (χ3v) is 5.13. The van der Waals surface area contributed by atoms with Gasteiger partial charge in [-0.15, -0.1) is 0 Å². The standard InChI is InChI=1S/C22H48N2/c1-3-5-6-7-8-9-10-11-12-13-14-15-16-17-18-19-20-21-24-22(23)4-2/h22,24H,3-21,23H2,1-2H3. The van der Waals surface area contributed by atoms with Gasteiger partial charge in [-0.05, 0) is 19.4 Å². The minimum Gasteiger partial charge on any atom is -0.316 e. The number of hydrogen-bond acceptors (Lipinski definition) is 2. The Balaban J connectivity index is 2.98. The maximum atomic E-state index is 5.83. The Hall–Kier alpha value is -0.0800. The maximum absolute atomic E-state index is 5.83. The summed E-state index contributed by atoms with van der Waals surface area (Å²) in [6.45, 7) is 5.52. The molecule has 0 aromatic heterocycles. The molecule has 0 aliphatic rings. The van der Waals surface area contributed by atoms with Crippen LogP contribution in [0.15, 0.2) is 0 Å². The van der Waals surface area contributed by atoms with Crippen molar-refractivity contribution >= 4 is 0 Å². The van der Waals surface area contributed by atoms with E-state index in [1.807, 2.05) is 0 Å². The quantitative estimate of drug-likeness (QED) is 0.186. The zero-order chi connectivity index (χ0) is 17.7. The fraction of sp³-hybridized carbons (Fsp3) is 1.00. The van der Waals surface area contributed by atoms with Gasteiger partial charge in [0.05, 0.1) is 6.17 Å². The minimum atomic E-state index is 0.200. The average molecular weight is 341 g/mol. The predicted octanol–water partition coefficient (Wildman–Crippen LogP) is 6.92.